The molecule has 27 heavy (non-hydrogen) atoms. The average molecular weight is 411 g/mol. The first-order valence-electron chi connectivity index (χ1n) is 8.13. The van der Waals surface area contributed by atoms with Crippen LogP contribution in [0.15, 0.2) is 53.4 Å². The highest BCUT2D eigenvalue weighted by atomic mass is 32.2. The Kier molecular flexibility index (Phi) is 6.22. The summed E-state index contributed by atoms with van der Waals surface area (Å²) in [5.74, 6) is 0.751. The highest BCUT2D eigenvalue weighted by Gasteiger charge is 2.30. The maximum atomic E-state index is 12.2. The molecule has 0 unspecified atom stereocenters. The van der Waals surface area contributed by atoms with Gasteiger partial charge in [-0.15, -0.1) is 35.1 Å². The van der Waals surface area contributed by atoms with Crippen LogP contribution in [0.5, 0.6) is 5.75 Å². The second-order valence-corrected chi connectivity index (χ2v) is 7.57. The van der Waals surface area contributed by atoms with Crippen LogP contribution in [0.25, 0.3) is 10.6 Å². The molecule has 0 spiro atoms. The van der Waals surface area contributed by atoms with Gasteiger partial charge in [-0.25, -0.2) is 0 Å². The van der Waals surface area contributed by atoms with Crippen molar-refractivity contribution in [2.24, 2.45) is 0 Å². The van der Waals surface area contributed by atoms with Crippen molar-refractivity contribution in [3.05, 3.63) is 48.5 Å². The Morgan fingerprint density at radius 2 is 1.81 bits per heavy atom. The number of benzene rings is 2. The molecule has 0 saturated heterocycles. The zero-order valence-corrected chi connectivity index (χ0v) is 15.9. The summed E-state index contributed by atoms with van der Waals surface area (Å²) < 4.78 is 40.5. The summed E-state index contributed by atoms with van der Waals surface area (Å²) in [4.78, 5) is 1.15. The summed E-state index contributed by atoms with van der Waals surface area (Å²) >= 11 is 3.16. The molecule has 0 atom stereocenters. The first-order chi connectivity index (χ1) is 12.9. The van der Waals surface area contributed by atoms with Crippen LogP contribution in [-0.2, 0) is 0 Å². The van der Waals surface area contributed by atoms with Gasteiger partial charge in [-0.1, -0.05) is 36.5 Å². The van der Waals surface area contributed by atoms with Crippen molar-refractivity contribution < 1.29 is 17.9 Å². The van der Waals surface area contributed by atoms with Crippen molar-refractivity contribution in [3.63, 3.8) is 0 Å². The van der Waals surface area contributed by atoms with E-state index in [0.29, 0.717) is 10.8 Å². The Morgan fingerprint density at radius 1 is 1.07 bits per heavy atom. The molecule has 142 valence electrons. The zero-order chi connectivity index (χ0) is 19.3. The van der Waals surface area contributed by atoms with E-state index in [1.54, 1.807) is 11.8 Å². The topological polar surface area (TPSA) is 47.0 Å². The Labute approximate surface area is 162 Å². The standard InChI is InChI=1S/C18H16F3N3OS2/c1-2-11-26-15-6-4-3-5-14(15)16-23-24-17(27-16)22-12-7-9-13(10-8-12)25-18(19,20)21/h3-10H,2,11H2,1H3,(H,22,24). The van der Waals surface area contributed by atoms with E-state index in [9.17, 15) is 13.2 Å². The molecule has 0 saturated carbocycles. The van der Waals surface area contributed by atoms with Gasteiger partial charge < -0.3 is 10.1 Å². The molecule has 9 heteroatoms. The minimum atomic E-state index is -4.70. The summed E-state index contributed by atoms with van der Waals surface area (Å²) in [6.07, 6.45) is -3.62. The van der Waals surface area contributed by atoms with Crippen LogP contribution in [0, 0.1) is 0 Å². The zero-order valence-electron chi connectivity index (χ0n) is 14.3. The van der Waals surface area contributed by atoms with Gasteiger partial charge in [0.15, 0.2) is 5.01 Å². The fraction of sp³-hybridized carbons (Fsp3) is 0.222. The third-order valence-corrected chi connectivity index (χ3v) is 5.49. The number of hydrogen-bond donors (Lipinski definition) is 1. The fourth-order valence-corrected chi connectivity index (χ4v) is 4.01. The van der Waals surface area contributed by atoms with Crippen molar-refractivity contribution in [3.8, 4) is 16.3 Å². The van der Waals surface area contributed by atoms with Crippen LogP contribution >= 0.6 is 23.1 Å². The Balaban J connectivity index is 1.72. The van der Waals surface area contributed by atoms with Gasteiger partial charge in [-0.05, 0) is 42.5 Å². The number of ether oxygens (including phenoxy) is 1. The van der Waals surface area contributed by atoms with Gasteiger partial charge in [-0.2, -0.15) is 0 Å². The molecule has 3 aromatic rings. The van der Waals surface area contributed by atoms with Crippen LogP contribution in [0.3, 0.4) is 0 Å². The van der Waals surface area contributed by atoms with Crippen LogP contribution in [0.4, 0.5) is 24.0 Å². The van der Waals surface area contributed by atoms with Gasteiger partial charge in [0.25, 0.3) is 0 Å². The van der Waals surface area contributed by atoms with Crippen molar-refractivity contribution in [1.82, 2.24) is 10.2 Å². The van der Waals surface area contributed by atoms with Crippen LogP contribution in [-0.4, -0.2) is 22.3 Å². The largest absolute Gasteiger partial charge is 0.573 e. The molecule has 4 nitrogen and oxygen atoms in total. The van der Waals surface area contributed by atoms with Gasteiger partial charge in [0.2, 0.25) is 5.13 Å². The van der Waals surface area contributed by atoms with E-state index in [4.69, 9.17) is 0 Å². The molecule has 3 rings (SSSR count). The Hall–Kier alpha value is -2.26. The van der Waals surface area contributed by atoms with Gasteiger partial charge >= 0.3 is 6.36 Å². The molecular weight excluding hydrogens is 395 g/mol. The van der Waals surface area contributed by atoms with E-state index >= 15 is 0 Å². The molecule has 0 bridgehead atoms. The lowest BCUT2D eigenvalue weighted by Crippen LogP contribution is -2.16. The van der Waals surface area contributed by atoms with Crippen molar-refractivity contribution in [1.29, 1.82) is 0 Å². The van der Waals surface area contributed by atoms with Crippen molar-refractivity contribution in [2.45, 2.75) is 24.6 Å². The molecule has 1 aromatic heterocycles. The van der Waals surface area contributed by atoms with Gasteiger partial charge in [0, 0.05) is 16.1 Å². The molecule has 0 amide bonds. The van der Waals surface area contributed by atoms with E-state index in [0.717, 1.165) is 27.6 Å². The smallest absolute Gasteiger partial charge is 0.406 e. The van der Waals surface area contributed by atoms with Crippen molar-refractivity contribution in [2.75, 3.05) is 11.1 Å². The van der Waals surface area contributed by atoms with Crippen LogP contribution < -0.4 is 10.1 Å². The van der Waals surface area contributed by atoms with E-state index in [1.165, 1.54) is 35.6 Å². The van der Waals surface area contributed by atoms with Crippen LogP contribution in [0.1, 0.15) is 13.3 Å². The molecular formula is C18H16F3N3OS2. The number of hydrogen-bond acceptors (Lipinski definition) is 6. The minimum Gasteiger partial charge on any atom is -0.406 e. The third kappa shape index (κ3) is 5.61. The lowest BCUT2D eigenvalue weighted by molar-refractivity contribution is -0.274. The summed E-state index contributed by atoms with van der Waals surface area (Å²) in [5, 5.41) is 12.8. The van der Waals surface area contributed by atoms with E-state index < -0.39 is 6.36 Å². The monoisotopic (exact) mass is 411 g/mol. The molecule has 2 aromatic carbocycles. The average Bonchev–Trinajstić information content (AvgIpc) is 3.09. The van der Waals surface area contributed by atoms with E-state index in [2.05, 4.69) is 33.2 Å². The first-order valence-corrected chi connectivity index (χ1v) is 9.93. The van der Waals surface area contributed by atoms with Gasteiger partial charge in [0.05, 0.1) is 0 Å². The maximum Gasteiger partial charge on any atom is 0.573 e. The highest BCUT2D eigenvalue weighted by Crippen LogP contribution is 2.35. The summed E-state index contributed by atoms with van der Waals surface area (Å²) in [7, 11) is 0. The molecule has 0 aliphatic carbocycles. The SMILES string of the molecule is CCCSc1ccccc1-c1nnc(Nc2ccc(OC(F)(F)F)cc2)s1. The number of nitrogens with zero attached hydrogens (tertiary/aromatic N) is 2. The lowest BCUT2D eigenvalue weighted by atomic mass is 10.2. The molecule has 0 aliphatic heterocycles. The highest BCUT2D eigenvalue weighted by molar-refractivity contribution is 7.99. The summed E-state index contributed by atoms with van der Waals surface area (Å²) in [6, 6.07) is 13.5. The molecule has 0 aliphatic rings. The quantitative estimate of drug-likeness (QED) is 0.459. The van der Waals surface area contributed by atoms with Gasteiger partial charge in [0.1, 0.15) is 5.75 Å². The number of thioether (sulfide) groups is 1. The Morgan fingerprint density at radius 3 is 2.52 bits per heavy atom. The number of nitrogens with one attached hydrogen (secondary N) is 1. The molecule has 1 heterocycles. The lowest BCUT2D eigenvalue weighted by Gasteiger charge is -2.09. The summed E-state index contributed by atoms with van der Waals surface area (Å²) in [6.45, 7) is 2.13. The third-order valence-electron chi connectivity index (χ3n) is 3.34. The number of rotatable bonds is 7. The minimum absolute atomic E-state index is 0.270. The number of alkyl halides is 3. The maximum absolute atomic E-state index is 12.2. The number of halogens is 3. The second-order valence-electron chi connectivity index (χ2n) is 5.45. The molecule has 0 fully saturated rings. The van der Waals surface area contributed by atoms with Crippen molar-refractivity contribution >= 4 is 33.9 Å². The Bertz CT molecular complexity index is 882. The predicted molar refractivity (Wildman–Crippen MR) is 103 cm³/mol. The molecule has 1 N–H and O–H groups in total. The normalized spacial score (nSPS) is 11.4. The first kappa shape index (κ1) is 19.5. The van der Waals surface area contributed by atoms with E-state index in [-0.39, 0.29) is 5.75 Å². The van der Waals surface area contributed by atoms with Gasteiger partial charge in [-0.3, -0.25) is 0 Å². The number of anilines is 2. The summed E-state index contributed by atoms with van der Waals surface area (Å²) in [5.41, 5.74) is 1.62. The second kappa shape index (κ2) is 8.62. The molecule has 0 radical (unpaired) electrons. The number of aromatic nitrogens is 2. The predicted octanol–water partition coefficient (Wildman–Crippen LogP) is 6.35. The van der Waals surface area contributed by atoms with E-state index in [1.807, 2.05) is 18.2 Å². The van der Waals surface area contributed by atoms with Crippen LogP contribution in [0.2, 0.25) is 0 Å². The fourth-order valence-electron chi connectivity index (χ4n) is 2.23.